The average molecular weight is 272 g/mol. The van der Waals surface area contributed by atoms with E-state index in [1.165, 1.54) is 13.8 Å². The highest BCUT2D eigenvalue weighted by Crippen LogP contribution is 2.38. The lowest BCUT2D eigenvalue weighted by Gasteiger charge is -2.15. The summed E-state index contributed by atoms with van der Waals surface area (Å²) in [7, 11) is 0. The van der Waals surface area contributed by atoms with Gasteiger partial charge in [0.2, 0.25) is 5.91 Å². The maximum absolute atomic E-state index is 11.7. The monoisotopic (exact) mass is 272 g/mol. The first-order valence-corrected chi connectivity index (χ1v) is 6.48. The van der Waals surface area contributed by atoms with Gasteiger partial charge in [-0.1, -0.05) is 0 Å². The van der Waals surface area contributed by atoms with E-state index in [0.29, 0.717) is 25.1 Å². The highest BCUT2D eigenvalue weighted by Gasteiger charge is 2.30. The first kappa shape index (κ1) is 14.1. The van der Waals surface area contributed by atoms with E-state index in [1.807, 2.05) is 6.07 Å². The molecule has 1 aromatic carbocycles. The van der Waals surface area contributed by atoms with E-state index in [9.17, 15) is 9.59 Å². The zero-order valence-electron chi connectivity index (χ0n) is 11.5. The molecule has 1 aliphatic heterocycles. The number of nitriles is 1. The third kappa shape index (κ3) is 2.80. The van der Waals surface area contributed by atoms with Gasteiger partial charge in [-0.15, -0.1) is 0 Å². The van der Waals surface area contributed by atoms with E-state index in [2.05, 4.69) is 6.07 Å². The molecule has 104 valence electrons. The topological polar surface area (TPSA) is 70.4 Å². The van der Waals surface area contributed by atoms with E-state index in [0.717, 1.165) is 11.3 Å². The summed E-state index contributed by atoms with van der Waals surface area (Å²) in [5, 5.41) is 8.98. The van der Waals surface area contributed by atoms with E-state index in [4.69, 9.17) is 10.00 Å². The Hall–Kier alpha value is -2.35. The molecule has 0 saturated heterocycles. The van der Waals surface area contributed by atoms with Crippen molar-refractivity contribution in [3.63, 3.8) is 0 Å². The molecule has 1 heterocycles. The Labute approximate surface area is 117 Å². The Morgan fingerprint density at radius 2 is 2.20 bits per heavy atom. The molecule has 0 bridgehead atoms. The van der Waals surface area contributed by atoms with Gasteiger partial charge in [-0.2, -0.15) is 5.26 Å². The van der Waals surface area contributed by atoms with E-state index < -0.39 is 0 Å². The fraction of sp³-hybridized carbons (Fsp3) is 0.400. The molecular weight excluding hydrogens is 256 g/mol. The smallest absolute Gasteiger partial charge is 0.302 e. The molecule has 1 unspecified atom stereocenters. The van der Waals surface area contributed by atoms with Crippen LogP contribution in [0.5, 0.6) is 0 Å². The van der Waals surface area contributed by atoms with Crippen molar-refractivity contribution in [3.05, 3.63) is 29.3 Å². The predicted octanol–water partition coefficient (Wildman–Crippen LogP) is 1.96. The standard InChI is InChI=1S/C15H16N2O3/c1-10(18)17-9-13(5-6-20-11(2)19)14-7-12(8-16)3-4-15(14)17/h3-4,7,13H,5-6,9H2,1-2H3. The van der Waals surface area contributed by atoms with Crippen LogP contribution in [-0.2, 0) is 14.3 Å². The van der Waals surface area contributed by atoms with Crippen LogP contribution in [0, 0.1) is 11.3 Å². The summed E-state index contributed by atoms with van der Waals surface area (Å²) >= 11 is 0. The van der Waals surface area contributed by atoms with Gasteiger partial charge in [0, 0.05) is 32.0 Å². The molecule has 0 N–H and O–H groups in total. The number of fused-ring (bicyclic) bond motifs is 1. The number of anilines is 1. The molecule has 20 heavy (non-hydrogen) atoms. The number of esters is 1. The molecule has 5 heteroatoms. The molecule has 1 amide bonds. The van der Waals surface area contributed by atoms with Crippen LogP contribution in [-0.4, -0.2) is 25.0 Å². The van der Waals surface area contributed by atoms with Crippen molar-refractivity contribution in [1.82, 2.24) is 0 Å². The molecule has 1 aliphatic rings. The maximum Gasteiger partial charge on any atom is 0.302 e. The lowest BCUT2D eigenvalue weighted by Crippen LogP contribution is -2.27. The van der Waals surface area contributed by atoms with Gasteiger partial charge in [0.15, 0.2) is 0 Å². The van der Waals surface area contributed by atoms with Crippen molar-refractivity contribution >= 4 is 17.6 Å². The second kappa shape index (κ2) is 5.74. The summed E-state index contributed by atoms with van der Waals surface area (Å²) in [4.78, 5) is 24.2. The molecule has 0 saturated carbocycles. The molecule has 2 rings (SSSR count). The van der Waals surface area contributed by atoms with Gasteiger partial charge >= 0.3 is 5.97 Å². The second-order valence-electron chi connectivity index (χ2n) is 4.84. The fourth-order valence-corrected chi connectivity index (χ4v) is 2.50. The summed E-state index contributed by atoms with van der Waals surface area (Å²) in [6.07, 6.45) is 0.644. The summed E-state index contributed by atoms with van der Waals surface area (Å²) in [5.41, 5.74) is 2.40. The molecule has 0 spiro atoms. The summed E-state index contributed by atoms with van der Waals surface area (Å²) < 4.78 is 4.96. The minimum Gasteiger partial charge on any atom is -0.466 e. The Kier molecular flexibility index (Phi) is 4.04. The largest absolute Gasteiger partial charge is 0.466 e. The number of carbonyl (C=O) groups is 2. The van der Waals surface area contributed by atoms with E-state index in [1.54, 1.807) is 17.0 Å². The van der Waals surface area contributed by atoms with Crippen molar-refractivity contribution in [2.24, 2.45) is 0 Å². The van der Waals surface area contributed by atoms with Crippen molar-refractivity contribution in [3.8, 4) is 6.07 Å². The van der Waals surface area contributed by atoms with Crippen molar-refractivity contribution in [2.45, 2.75) is 26.2 Å². The van der Waals surface area contributed by atoms with Gasteiger partial charge in [-0.3, -0.25) is 9.59 Å². The SMILES string of the molecule is CC(=O)OCCC1CN(C(C)=O)c2ccc(C#N)cc21. The van der Waals surface area contributed by atoms with Crippen LogP contribution >= 0.6 is 0 Å². The third-order valence-electron chi connectivity index (χ3n) is 3.44. The Morgan fingerprint density at radius 1 is 1.45 bits per heavy atom. The molecular formula is C15H16N2O3. The number of hydrogen-bond acceptors (Lipinski definition) is 4. The van der Waals surface area contributed by atoms with Crippen LogP contribution in [0.3, 0.4) is 0 Å². The van der Waals surface area contributed by atoms with Crippen LogP contribution in [0.2, 0.25) is 0 Å². The lowest BCUT2D eigenvalue weighted by atomic mass is 9.97. The molecule has 0 fully saturated rings. The van der Waals surface area contributed by atoms with Crippen LogP contribution in [0.25, 0.3) is 0 Å². The maximum atomic E-state index is 11.7. The quantitative estimate of drug-likeness (QED) is 0.789. The van der Waals surface area contributed by atoms with E-state index in [-0.39, 0.29) is 17.8 Å². The Bertz CT molecular complexity index is 589. The van der Waals surface area contributed by atoms with Gasteiger partial charge in [0.25, 0.3) is 0 Å². The predicted molar refractivity (Wildman–Crippen MR) is 73.2 cm³/mol. The van der Waals surface area contributed by atoms with Gasteiger partial charge in [0.1, 0.15) is 0 Å². The Balaban J connectivity index is 2.23. The average Bonchev–Trinajstić information content (AvgIpc) is 2.76. The van der Waals surface area contributed by atoms with Crippen LogP contribution in [0.4, 0.5) is 5.69 Å². The molecule has 1 aromatic rings. The minimum atomic E-state index is -0.308. The number of nitrogens with zero attached hydrogens (tertiary/aromatic N) is 2. The zero-order valence-corrected chi connectivity index (χ0v) is 11.5. The highest BCUT2D eigenvalue weighted by atomic mass is 16.5. The first-order valence-electron chi connectivity index (χ1n) is 6.48. The molecule has 0 radical (unpaired) electrons. The lowest BCUT2D eigenvalue weighted by molar-refractivity contribution is -0.141. The van der Waals surface area contributed by atoms with Crippen molar-refractivity contribution in [1.29, 1.82) is 5.26 Å². The van der Waals surface area contributed by atoms with Gasteiger partial charge < -0.3 is 9.64 Å². The minimum absolute atomic E-state index is 0.0223. The van der Waals surface area contributed by atoms with E-state index >= 15 is 0 Å². The normalized spacial score (nSPS) is 16.4. The number of carbonyl (C=O) groups excluding carboxylic acids is 2. The number of amides is 1. The highest BCUT2D eigenvalue weighted by molar-refractivity contribution is 5.94. The summed E-state index contributed by atoms with van der Waals surface area (Å²) in [6.45, 7) is 3.79. The van der Waals surface area contributed by atoms with Gasteiger partial charge in [-0.25, -0.2) is 0 Å². The number of rotatable bonds is 3. The summed E-state index contributed by atoms with van der Waals surface area (Å²) in [5.74, 6) is -0.232. The summed E-state index contributed by atoms with van der Waals surface area (Å²) in [6, 6.07) is 7.44. The molecule has 5 nitrogen and oxygen atoms in total. The van der Waals surface area contributed by atoms with Crippen LogP contribution in [0.15, 0.2) is 18.2 Å². The van der Waals surface area contributed by atoms with Crippen LogP contribution in [0.1, 0.15) is 37.3 Å². The number of ether oxygens (including phenoxy) is 1. The van der Waals surface area contributed by atoms with Gasteiger partial charge in [0.05, 0.1) is 18.2 Å². The molecule has 0 aromatic heterocycles. The number of benzene rings is 1. The third-order valence-corrected chi connectivity index (χ3v) is 3.44. The van der Waals surface area contributed by atoms with Crippen LogP contribution < -0.4 is 4.90 Å². The number of hydrogen-bond donors (Lipinski definition) is 0. The zero-order chi connectivity index (χ0) is 14.7. The Morgan fingerprint density at radius 3 is 2.80 bits per heavy atom. The van der Waals surface area contributed by atoms with Crippen molar-refractivity contribution < 1.29 is 14.3 Å². The molecule has 0 aliphatic carbocycles. The van der Waals surface area contributed by atoms with Crippen molar-refractivity contribution in [2.75, 3.05) is 18.1 Å². The van der Waals surface area contributed by atoms with Gasteiger partial charge in [-0.05, 0) is 30.2 Å². The molecule has 1 atom stereocenters. The second-order valence-corrected chi connectivity index (χ2v) is 4.84. The fourth-order valence-electron chi connectivity index (χ4n) is 2.50. The first-order chi connectivity index (χ1) is 9.52.